The fourth-order valence-corrected chi connectivity index (χ4v) is 4.35. The molecule has 0 saturated carbocycles. The first kappa shape index (κ1) is 37.0. The number of esters is 2. The molecule has 0 fully saturated rings. The highest BCUT2D eigenvalue weighted by atomic mass is 19.4. The van der Waals surface area contributed by atoms with Gasteiger partial charge in [0.15, 0.2) is 0 Å². The Hall–Kier alpha value is -5.50. The SMILES string of the molecule is C=CC(=O)OCCCCNc1ccc(C(=O)Nc2ccc(C#Cc3ccc(N(C)CCCCOC(=O)C=C)cc3)cc2C(F)(F)F)cc1. The van der Waals surface area contributed by atoms with Crippen LogP contribution in [0.15, 0.2) is 92.0 Å². The summed E-state index contributed by atoms with van der Waals surface area (Å²) in [6, 6.07) is 17.2. The number of benzene rings is 3. The molecule has 8 nitrogen and oxygen atoms in total. The predicted molar refractivity (Wildman–Crippen MR) is 181 cm³/mol. The molecule has 0 aromatic heterocycles. The van der Waals surface area contributed by atoms with Gasteiger partial charge in [-0.1, -0.05) is 25.0 Å². The number of hydrogen-bond acceptors (Lipinski definition) is 7. The Balaban J connectivity index is 1.57. The number of amides is 1. The fourth-order valence-electron chi connectivity index (χ4n) is 4.35. The van der Waals surface area contributed by atoms with Gasteiger partial charge in [-0.15, -0.1) is 0 Å². The van der Waals surface area contributed by atoms with E-state index in [1.54, 1.807) is 24.3 Å². The van der Waals surface area contributed by atoms with E-state index in [-0.39, 0.29) is 23.4 Å². The van der Waals surface area contributed by atoms with Crippen LogP contribution in [0.25, 0.3) is 0 Å². The van der Waals surface area contributed by atoms with Gasteiger partial charge in [0.1, 0.15) is 0 Å². The molecule has 0 radical (unpaired) electrons. The molecule has 11 heteroatoms. The van der Waals surface area contributed by atoms with Gasteiger partial charge in [0.25, 0.3) is 5.91 Å². The lowest BCUT2D eigenvalue weighted by atomic mass is 10.1. The van der Waals surface area contributed by atoms with Gasteiger partial charge in [0.05, 0.1) is 24.5 Å². The van der Waals surface area contributed by atoms with Gasteiger partial charge in [-0.05, 0) is 92.4 Å². The Morgan fingerprint density at radius 3 is 2.00 bits per heavy atom. The van der Waals surface area contributed by atoms with E-state index in [0.717, 1.165) is 49.0 Å². The first-order valence-corrected chi connectivity index (χ1v) is 15.3. The zero-order valence-corrected chi connectivity index (χ0v) is 26.7. The minimum Gasteiger partial charge on any atom is -0.463 e. The van der Waals surface area contributed by atoms with E-state index in [4.69, 9.17) is 9.47 Å². The lowest BCUT2D eigenvalue weighted by molar-refractivity contribution is -0.138. The van der Waals surface area contributed by atoms with Crippen molar-refractivity contribution >= 4 is 34.9 Å². The lowest BCUT2D eigenvalue weighted by Gasteiger charge is -2.19. The van der Waals surface area contributed by atoms with Gasteiger partial charge in [0.2, 0.25) is 0 Å². The van der Waals surface area contributed by atoms with Gasteiger partial charge in [-0.25, -0.2) is 9.59 Å². The van der Waals surface area contributed by atoms with Gasteiger partial charge < -0.3 is 25.0 Å². The molecule has 0 heterocycles. The van der Waals surface area contributed by atoms with Crippen molar-refractivity contribution in [2.24, 2.45) is 0 Å². The van der Waals surface area contributed by atoms with E-state index >= 15 is 0 Å². The highest BCUT2D eigenvalue weighted by molar-refractivity contribution is 6.05. The van der Waals surface area contributed by atoms with Crippen LogP contribution in [0.4, 0.5) is 30.2 Å². The number of alkyl halides is 3. The number of ether oxygens (including phenoxy) is 2. The predicted octanol–water partition coefficient (Wildman–Crippen LogP) is 7.22. The van der Waals surface area contributed by atoms with Crippen molar-refractivity contribution in [3.8, 4) is 11.8 Å². The quantitative estimate of drug-likeness (QED) is 0.0724. The van der Waals surface area contributed by atoms with Crippen molar-refractivity contribution < 1.29 is 37.0 Å². The first-order chi connectivity index (χ1) is 23.0. The Kier molecular flexibility index (Phi) is 14.3. The molecule has 0 atom stereocenters. The molecule has 0 saturated heterocycles. The van der Waals surface area contributed by atoms with Crippen LogP contribution in [0.2, 0.25) is 0 Å². The molecule has 1 amide bonds. The van der Waals surface area contributed by atoms with Gasteiger partial charge in [-0.3, -0.25) is 4.79 Å². The number of nitrogens with one attached hydrogen (secondary N) is 2. The van der Waals surface area contributed by atoms with Crippen LogP contribution in [-0.2, 0) is 25.2 Å². The summed E-state index contributed by atoms with van der Waals surface area (Å²) in [5.41, 5.74) is 1.26. The van der Waals surface area contributed by atoms with Crippen LogP contribution < -0.4 is 15.5 Å². The van der Waals surface area contributed by atoms with Crippen molar-refractivity contribution in [3.05, 3.63) is 114 Å². The van der Waals surface area contributed by atoms with Crippen LogP contribution in [-0.4, -0.2) is 51.2 Å². The van der Waals surface area contributed by atoms with E-state index in [9.17, 15) is 27.6 Å². The van der Waals surface area contributed by atoms with Gasteiger partial charge >= 0.3 is 18.1 Å². The van der Waals surface area contributed by atoms with Crippen molar-refractivity contribution in [2.75, 3.05) is 48.9 Å². The lowest BCUT2D eigenvalue weighted by Crippen LogP contribution is -2.18. The summed E-state index contributed by atoms with van der Waals surface area (Å²) in [6.45, 7) is 8.63. The average molecular weight is 662 g/mol. The summed E-state index contributed by atoms with van der Waals surface area (Å²) in [4.78, 5) is 37.0. The number of nitrogens with zero attached hydrogens (tertiary/aromatic N) is 1. The van der Waals surface area contributed by atoms with Crippen LogP contribution in [0.3, 0.4) is 0 Å². The second kappa shape index (κ2) is 18.6. The third kappa shape index (κ3) is 12.4. The molecular formula is C37H38F3N3O5. The van der Waals surface area contributed by atoms with Crippen LogP contribution in [0.5, 0.6) is 0 Å². The van der Waals surface area contributed by atoms with Crippen LogP contribution in [0.1, 0.15) is 52.7 Å². The molecule has 3 aromatic carbocycles. The number of carbonyl (C=O) groups excluding carboxylic acids is 3. The molecule has 3 aromatic rings. The largest absolute Gasteiger partial charge is 0.463 e. The number of rotatable bonds is 16. The van der Waals surface area contributed by atoms with E-state index in [2.05, 4.69) is 35.6 Å². The zero-order chi connectivity index (χ0) is 34.9. The standard InChI is InChI=1S/C37H38F3N3O5/c1-4-34(44)47-24-8-6-22-41-30-17-15-29(16-18-30)36(46)42-33-21-14-28(26-32(33)37(38,39)40)11-10-27-12-19-31(20-13-27)43(3)23-7-9-25-48-35(45)5-2/h4-5,12-21,26,41H,1-2,6-9,22-25H2,3H3,(H,42,46). The molecule has 0 unspecified atom stereocenters. The number of carbonyl (C=O) groups is 3. The van der Waals surface area contributed by atoms with Crippen LogP contribution >= 0.6 is 0 Å². The highest BCUT2D eigenvalue weighted by Crippen LogP contribution is 2.35. The zero-order valence-electron chi connectivity index (χ0n) is 26.7. The van der Waals surface area contributed by atoms with Crippen molar-refractivity contribution in [1.29, 1.82) is 0 Å². The van der Waals surface area contributed by atoms with Gasteiger partial charge in [0, 0.05) is 60.4 Å². The van der Waals surface area contributed by atoms with E-state index in [1.165, 1.54) is 24.3 Å². The Morgan fingerprint density at radius 2 is 1.40 bits per heavy atom. The number of anilines is 3. The summed E-state index contributed by atoms with van der Waals surface area (Å²) in [5.74, 6) is 4.08. The van der Waals surface area contributed by atoms with E-state index in [1.807, 2.05) is 24.1 Å². The molecule has 0 bridgehead atoms. The Morgan fingerprint density at radius 1 is 0.812 bits per heavy atom. The molecule has 2 N–H and O–H groups in total. The minimum absolute atomic E-state index is 0.146. The summed E-state index contributed by atoms with van der Waals surface area (Å²) in [7, 11) is 1.93. The molecule has 48 heavy (non-hydrogen) atoms. The summed E-state index contributed by atoms with van der Waals surface area (Å²) < 4.78 is 51.8. The number of halogens is 3. The maximum absolute atomic E-state index is 14.0. The Bertz CT molecular complexity index is 1630. The highest BCUT2D eigenvalue weighted by Gasteiger charge is 2.34. The maximum atomic E-state index is 14.0. The van der Waals surface area contributed by atoms with Crippen molar-refractivity contribution in [3.63, 3.8) is 0 Å². The monoisotopic (exact) mass is 661 g/mol. The van der Waals surface area contributed by atoms with Gasteiger partial charge in [-0.2, -0.15) is 13.2 Å². The molecular weight excluding hydrogens is 623 g/mol. The first-order valence-electron chi connectivity index (χ1n) is 15.3. The molecule has 3 rings (SSSR count). The van der Waals surface area contributed by atoms with E-state index in [0.29, 0.717) is 31.6 Å². The second-order valence-electron chi connectivity index (χ2n) is 10.6. The fraction of sp³-hybridized carbons (Fsp3) is 0.270. The Labute approximate surface area is 278 Å². The smallest absolute Gasteiger partial charge is 0.418 e. The normalized spacial score (nSPS) is 10.6. The van der Waals surface area contributed by atoms with Crippen molar-refractivity contribution in [1.82, 2.24) is 0 Å². The minimum atomic E-state index is -4.72. The summed E-state index contributed by atoms with van der Waals surface area (Å²) in [6.07, 6.45) is 0.419. The van der Waals surface area contributed by atoms with E-state index < -0.39 is 29.6 Å². The average Bonchev–Trinajstić information content (AvgIpc) is 3.08. The second-order valence-corrected chi connectivity index (χ2v) is 10.6. The molecule has 0 aliphatic heterocycles. The topological polar surface area (TPSA) is 97.0 Å². The molecule has 0 aliphatic carbocycles. The maximum Gasteiger partial charge on any atom is 0.418 e. The third-order valence-corrected chi connectivity index (χ3v) is 6.99. The third-order valence-electron chi connectivity index (χ3n) is 6.99. The van der Waals surface area contributed by atoms with Crippen molar-refractivity contribution in [2.45, 2.75) is 31.9 Å². The summed E-state index contributed by atoms with van der Waals surface area (Å²) in [5, 5.41) is 5.55. The van der Waals surface area contributed by atoms with Crippen LogP contribution in [0, 0.1) is 11.8 Å². The number of hydrogen-bond donors (Lipinski definition) is 2. The number of unbranched alkanes of at least 4 members (excludes halogenated alkanes) is 2. The summed E-state index contributed by atoms with van der Waals surface area (Å²) >= 11 is 0. The molecule has 0 aliphatic rings. The molecule has 0 spiro atoms. The molecule has 252 valence electrons.